The molecular formula is C14H18ClN3O2. The summed E-state index contributed by atoms with van der Waals surface area (Å²) in [5.74, 6) is -0.409. The van der Waals surface area contributed by atoms with Gasteiger partial charge in [0.05, 0.1) is 17.1 Å². The van der Waals surface area contributed by atoms with Crippen LogP contribution in [0.3, 0.4) is 0 Å². The SMILES string of the molecule is C=CCNCC(=O)Nc1ccc(Cl)c(C(=O)N(C)C)c1. The summed E-state index contributed by atoms with van der Waals surface area (Å²) in [6.45, 7) is 4.27. The Morgan fingerprint density at radius 3 is 2.70 bits per heavy atom. The van der Waals surface area contributed by atoms with Gasteiger partial charge in [-0.15, -0.1) is 6.58 Å². The standard InChI is InChI=1S/C14H18ClN3O2/c1-4-7-16-9-13(19)17-10-5-6-12(15)11(8-10)14(20)18(2)3/h4-6,8,16H,1,7,9H2,2-3H3,(H,17,19). The van der Waals surface area contributed by atoms with E-state index in [1.54, 1.807) is 38.4 Å². The average molecular weight is 296 g/mol. The van der Waals surface area contributed by atoms with Gasteiger partial charge in [0.15, 0.2) is 0 Å². The van der Waals surface area contributed by atoms with Gasteiger partial charge in [-0.1, -0.05) is 17.7 Å². The Hall–Kier alpha value is -1.85. The molecule has 0 spiro atoms. The lowest BCUT2D eigenvalue weighted by atomic mass is 10.1. The monoisotopic (exact) mass is 295 g/mol. The van der Waals surface area contributed by atoms with E-state index >= 15 is 0 Å². The highest BCUT2D eigenvalue weighted by atomic mass is 35.5. The van der Waals surface area contributed by atoms with E-state index < -0.39 is 0 Å². The molecule has 1 aromatic carbocycles. The number of hydrogen-bond donors (Lipinski definition) is 2. The van der Waals surface area contributed by atoms with E-state index in [1.807, 2.05) is 0 Å². The van der Waals surface area contributed by atoms with Crippen LogP contribution in [0, 0.1) is 0 Å². The number of benzene rings is 1. The van der Waals surface area contributed by atoms with Crippen LogP contribution in [0.5, 0.6) is 0 Å². The van der Waals surface area contributed by atoms with E-state index in [2.05, 4.69) is 17.2 Å². The molecule has 0 saturated carbocycles. The molecule has 0 aromatic heterocycles. The molecule has 6 heteroatoms. The van der Waals surface area contributed by atoms with Gasteiger partial charge in [-0.2, -0.15) is 0 Å². The fourth-order valence-corrected chi connectivity index (χ4v) is 1.70. The van der Waals surface area contributed by atoms with Crippen molar-refractivity contribution in [1.29, 1.82) is 0 Å². The number of nitrogens with one attached hydrogen (secondary N) is 2. The van der Waals surface area contributed by atoms with E-state index in [-0.39, 0.29) is 18.4 Å². The second-order valence-electron chi connectivity index (χ2n) is 4.36. The molecule has 2 N–H and O–H groups in total. The summed E-state index contributed by atoms with van der Waals surface area (Å²) in [4.78, 5) is 25.0. The van der Waals surface area contributed by atoms with Crippen LogP contribution >= 0.6 is 11.6 Å². The zero-order valence-electron chi connectivity index (χ0n) is 11.6. The number of anilines is 1. The number of rotatable bonds is 6. The highest BCUT2D eigenvalue weighted by Gasteiger charge is 2.13. The summed E-state index contributed by atoms with van der Waals surface area (Å²) in [5.41, 5.74) is 0.888. The van der Waals surface area contributed by atoms with Crippen LogP contribution in [0.15, 0.2) is 30.9 Å². The molecule has 2 amide bonds. The first kappa shape index (κ1) is 16.2. The van der Waals surface area contributed by atoms with Gasteiger partial charge in [-0.05, 0) is 18.2 Å². The minimum absolute atomic E-state index is 0.172. The third kappa shape index (κ3) is 4.68. The Balaban J connectivity index is 2.77. The third-order valence-electron chi connectivity index (χ3n) is 2.46. The first-order valence-electron chi connectivity index (χ1n) is 6.08. The van der Waals surface area contributed by atoms with Crippen molar-refractivity contribution in [3.63, 3.8) is 0 Å². The molecule has 5 nitrogen and oxygen atoms in total. The molecule has 20 heavy (non-hydrogen) atoms. The molecule has 0 unspecified atom stereocenters. The quantitative estimate of drug-likeness (QED) is 0.621. The van der Waals surface area contributed by atoms with Crippen molar-refractivity contribution < 1.29 is 9.59 Å². The number of carbonyl (C=O) groups is 2. The van der Waals surface area contributed by atoms with Crippen molar-refractivity contribution in [2.45, 2.75) is 0 Å². The summed E-state index contributed by atoms with van der Waals surface area (Å²) in [5, 5.41) is 5.94. The maximum Gasteiger partial charge on any atom is 0.254 e. The Bertz CT molecular complexity index is 515. The maximum absolute atomic E-state index is 11.9. The van der Waals surface area contributed by atoms with Gasteiger partial charge in [0.1, 0.15) is 0 Å². The Morgan fingerprint density at radius 1 is 1.40 bits per heavy atom. The average Bonchev–Trinajstić information content (AvgIpc) is 2.40. The second kappa shape index (κ2) is 7.67. The zero-order valence-corrected chi connectivity index (χ0v) is 12.3. The molecule has 0 heterocycles. The normalized spacial score (nSPS) is 9.95. The molecule has 0 aliphatic rings. The fourth-order valence-electron chi connectivity index (χ4n) is 1.50. The van der Waals surface area contributed by atoms with E-state index in [1.165, 1.54) is 4.90 Å². The molecule has 0 radical (unpaired) electrons. The molecule has 0 fully saturated rings. The smallest absolute Gasteiger partial charge is 0.254 e. The van der Waals surface area contributed by atoms with Gasteiger partial charge >= 0.3 is 0 Å². The molecule has 1 aromatic rings. The van der Waals surface area contributed by atoms with Crippen LogP contribution in [0.2, 0.25) is 5.02 Å². The van der Waals surface area contributed by atoms with Crippen molar-refractivity contribution in [3.05, 3.63) is 41.4 Å². The van der Waals surface area contributed by atoms with Crippen LogP contribution in [-0.2, 0) is 4.79 Å². The fraction of sp³-hybridized carbons (Fsp3) is 0.286. The van der Waals surface area contributed by atoms with Crippen molar-refractivity contribution in [1.82, 2.24) is 10.2 Å². The van der Waals surface area contributed by atoms with Crippen LogP contribution in [0.1, 0.15) is 10.4 Å². The number of amides is 2. The molecular weight excluding hydrogens is 278 g/mol. The summed E-state index contributed by atoms with van der Waals surface area (Å²) < 4.78 is 0. The van der Waals surface area contributed by atoms with E-state index in [0.717, 1.165) is 0 Å². The molecule has 0 atom stereocenters. The number of carbonyl (C=O) groups excluding carboxylic acids is 2. The summed E-state index contributed by atoms with van der Waals surface area (Å²) in [7, 11) is 3.28. The van der Waals surface area contributed by atoms with Crippen molar-refractivity contribution in [2.24, 2.45) is 0 Å². The topological polar surface area (TPSA) is 61.4 Å². The predicted molar refractivity (Wildman–Crippen MR) is 81.2 cm³/mol. The minimum Gasteiger partial charge on any atom is -0.345 e. The maximum atomic E-state index is 11.9. The molecule has 0 saturated heterocycles. The predicted octanol–water partition coefficient (Wildman–Crippen LogP) is 1.76. The van der Waals surface area contributed by atoms with E-state index in [4.69, 9.17) is 11.6 Å². The van der Waals surface area contributed by atoms with Gasteiger partial charge in [0.25, 0.3) is 5.91 Å². The summed E-state index contributed by atoms with van der Waals surface area (Å²) in [6, 6.07) is 4.81. The van der Waals surface area contributed by atoms with Crippen LogP contribution in [0.25, 0.3) is 0 Å². The first-order valence-corrected chi connectivity index (χ1v) is 6.46. The Kier molecular flexibility index (Phi) is 6.21. The lowest BCUT2D eigenvalue weighted by molar-refractivity contribution is -0.115. The Labute approximate surface area is 123 Å². The molecule has 1 rings (SSSR count). The van der Waals surface area contributed by atoms with E-state index in [9.17, 15) is 9.59 Å². The number of nitrogens with zero attached hydrogens (tertiary/aromatic N) is 1. The van der Waals surface area contributed by atoms with Gasteiger partial charge in [-0.3, -0.25) is 9.59 Å². The lowest BCUT2D eigenvalue weighted by Crippen LogP contribution is -2.28. The van der Waals surface area contributed by atoms with Gasteiger partial charge < -0.3 is 15.5 Å². The van der Waals surface area contributed by atoms with E-state index in [0.29, 0.717) is 22.8 Å². The third-order valence-corrected chi connectivity index (χ3v) is 2.79. The molecule has 0 aliphatic carbocycles. The van der Waals surface area contributed by atoms with Crippen LogP contribution in [-0.4, -0.2) is 43.9 Å². The number of halogens is 1. The van der Waals surface area contributed by atoms with Crippen LogP contribution in [0.4, 0.5) is 5.69 Å². The number of hydrogen-bond acceptors (Lipinski definition) is 3. The largest absolute Gasteiger partial charge is 0.345 e. The van der Waals surface area contributed by atoms with Crippen molar-refractivity contribution in [3.8, 4) is 0 Å². The lowest BCUT2D eigenvalue weighted by Gasteiger charge is -2.13. The highest BCUT2D eigenvalue weighted by Crippen LogP contribution is 2.21. The Morgan fingerprint density at radius 2 is 2.10 bits per heavy atom. The summed E-state index contributed by atoms with van der Waals surface area (Å²) in [6.07, 6.45) is 1.67. The molecule has 0 aliphatic heterocycles. The first-order chi connectivity index (χ1) is 9.45. The van der Waals surface area contributed by atoms with Gasteiger partial charge in [0.2, 0.25) is 5.91 Å². The van der Waals surface area contributed by atoms with Crippen molar-refractivity contribution in [2.75, 3.05) is 32.5 Å². The highest BCUT2D eigenvalue weighted by molar-refractivity contribution is 6.34. The van der Waals surface area contributed by atoms with Gasteiger partial charge in [-0.25, -0.2) is 0 Å². The second-order valence-corrected chi connectivity index (χ2v) is 4.77. The van der Waals surface area contributed by atoms with Crippen molar-refractivity contribution >= 4 is 29.1 Å². The molecule has 0 bridgehead atoms. The van der Waals surface area contributed by atoms with Crippen LogP contribution < -0.4 is 10.6 Å². The minimum atomic E-state index is -0.212. The molecule has 108 valence electrons. The summed E-state index contributed by atoms with van der Waals surface area (Å²) >= 11 is 5.99. The van der Waals surface area contributed by atoms with Gasteiger partial charge in [0, 0.05) is 26.3 Å². The zero-order chi connectivity index (χ0) is 15.1.